The molecule has 2 heterocycles. The minimum atomic E-state index is -0.0373. The highest BCUT2D eigenvalue weighted by atomic mass is 32.2. The highest BCUT2D eigenvalue weighted by Gasteiger charge is 2.15. The van der Waals surface area contributed by atoms with E-state index >= 15 is 0 Å². The van der Waals surface area contributed by atoms with Crippen LogP contribution in [-0.4, -0.2) is 24.0 Å². The van der Waals surface area contributed by atoms with Crippen molar-refractivity contribution in [3.8, 4) is 11.5 Å². The van der Waals surface area contributed by atoms with Gasteiger partial charge < -0.3 is 15.2 Å². The van der Waals surface area contributed by atoms with Crippen molar-refractivity contribution in [1.29, 1.82) is 0 Å². The number of fused-ring (bicyclic) bond motifs is 1. The lowest BCUT2D eigenvalue weighted by Gasteiger charge is -2.20. The van der Waals surface area contributed by atoms with Crippen molar-refractivity contribution in [2.75, 3.05) is 19.0 Å². The first-order chi connectivity index (χ1) is 9.33. The van der Waals surface area contributed by atoms with Gasteiger partial charge >= 0.3 is 0 Å². The van der Waals surface area contributed by atoms with Gasteiger partial charge in [-0.3, -0.25) is 0 Å². The number of benzene rings is 1. The summed E-state index contributed by atoms with van der Waals surface area (Å²) in [7, 11) is 0. The second kappa shape index (κ2) is 5.81. The summed E-state index contributed by atoms with van der Waals surface area (Å²) in [6.07, 6.45) is 1.81. The van der Waals surface area contributed by atoms with E-state index in [1.165, 1.54) is 0 Å². The third-order valence-electron chi connectivity index (χ3n) is 2.79. The van der Waals surface area contributed by atoms with E-state index in [4.69, 9.17) is 15.2 Å². The van der Waals surface area contributed by atoms with Crippen molar-refractivity contribution in [3.05, 3.63) is 35.3 Å². The van der Waals surface area contributed by atoms with Gasteiger partial charge in [0.2, 0.25) is 0 Å². The van der Waals surface area contributed by atoms with E-state index < -0.39 is 0 Å². The molecule has 0 spiro atoms. The largest absolute Gasteiger partial charge is 0.486 e. The molecule has 6 heteroatoms. The van der Waals surface area contributed by atoms with Crippen LogP contribution in [0.3, 0.4) is 0 Å². The topological polar surface area (TPSA) is 57.4 Å². The summed E-state index contributed by atoms with van der Waals surface area (Å²) in [5.74, 6) is 2.39. The predicted molar refractivity (Wildman–Crippen MR) is 77.2 cm³/mol. The molecule has 3 rings (SSSR count). The fourth-order valence-corrected chi connectivity index (χ4v) is 3.48. The van der Waals surface area contributed by atoms with E-state index in [2.05, 4.69) is 4.98 Å². The molecule has 0 fully saturated rings. The van der Waals surface area contributed by atoms with Gasteiger partial charge in [0.1, 0.15) is 17.6 Å². The van der Waals surface area contributed by atoms with Crippen molar-refractivity contribution in [1.82, 2.24) is 4.98 Å². The molecule has 0 bridgehead atoms. The SMILES string of the molecule is NC(CSc1nccs1)c1ccc2c(c1)OCCO2. The van der Waals surface area contributed by atoms with Crippen LogP contribution >= 0.6 is 23.1 Å². The molecule has 0 radical (unpaired) electrons. The van der Waals surface area contributed by atoms with Crippen LogP contribution in [0.2, 0.25) is 0 Å². The quantitative estimate of drug-likeness (QED) is 0.879. The maximum atomic E-state index is 6.20. The average molecular weight is 294 g/mol. The van der Waals surface area contributed by atoms with Crippen molar-refractivity contribution >= 4 is 23.1 Å². The lowest BCUT2D eigenvalue weighted by Crippen LogP contribution is -2.17. The molecule has 0 aliphatic carbocycles. The molecule has 1 aliphatic rings. The van der Waals surface area contributed by atoms with Crippen LogP contribution in [0.1, 0.15) is 11.6 Å². The first-order valence-corrected chi connectivity index (χ1v) is 7.87. The van der Waals surface area contributed by atoms with Crippen LogP contribution in [0.15, 0.2) is 34.1 Å². The number of thioether (sulfide) groups is 1. The number of thiazole rings is 1. The number of nitrogens with two attached hydrogens (primary N) is 1. The first kappa shape index (κ1) is 12.8. The monoisotopic (exact) mass is 294 g/mol. The Labute approximate surface area is 119 Å². The van der Waals surface area contributed by atoms with Crippen LogP contribution in [-0.2, 0) is 0 Å². The van der Waals surface area contributed by atoms with E-state index in [-0.39, 0.29) is 6.04 Å². The number of hydrogen-bond acceptors (Lipinski definition) is 6. The third-order valence-corrected chi connectivity index (χ3v) is 4.88. The van der Waals surface area contributed by atoms with E-state index in [1.807, 2.05) is 29.8 Å². The van der Waals surface area contributed by atoms with Crippen LogP contribution < -0.4 is 15.2 Å². The molecule has 1 aromatic carbocycles. The number of nitrogens with zero attached hydrogens (tertiary/aromatic N) is 1. The number of ether oxygens (including phenoxy) is 2. The minimum Gasteiger partial charge on any atom is -0.486 e. The van der Waals surface area contributed by atoms with Gasteiger partial charge in [0.15, 0.2) is 11.5 Å². The summed E-state index contributed by atoms with van der Waals surface area (Å²) >= 11 is 3.31. The van der Waals surface area contributed by atoms with Gasteiger partial charge in [0.25, 0.3) is 0 Å². The lowest BCUT2D eigenvalue weighted by atomic mass is 10.1. The molecule has 19 heavy (non-hydrogen) atoms. The highest BCUT2D eigenvalue weighted by molar-refractivity contribution is 8.01. The molecule has 1 aromatic heterocycles. The molecule has 2 N–H and O–H groups in total. The normalized spacial score (nSPS) is 15.2. The summed E-state index contributed by atoms with van der Waals surface area (Å²) in [5, 5.41) is 1.97. The lowest BCUT2D eigenvalue weighted by molar-refractivity contribution is 0.171. The van der Waals surface area contributed by atoms with Gasteiger partial charge in [-0.25, -0.2) is 4.98 Å². The molecule has 1 atom stereocenters. The van der Waals surface area contributed by atoms with Crippen LogP contribution in [0.5, 0.6) is 11.5 Å². The smallest absolute Gasteiger partial charge is 0.161 e. The number of aromatic nitrogens is 1. The zero-order valence-electron chi connectivity index (χ0n) is 10.2. The van der Waals surface area contributed by atoms with Crippen molar-refractivity contribution in [2.24, 2.45) is 5.73 Å². The fourth-order valence-electron chi connectivity index (χ4n) is 1.83. The van der Waals surface area contributed by atoms with Crippen LogP contribution in [0.25, 0.3) is 0 Å². The molecule has 2 aromatic rings. The van der Waals surface area contributed by atoms with E-state index in [0.29, 0.717) is 13.2 Å². The number of hydrogen-bond donors (Lipinski definition) is 1. The Hall–Kier alpha value is -1.24. The van der Waals surface area contributed by atoms with Crippen LogP contribution in [0.4, 0.5) is 0 Å². The van der Waals surface area contributed by atoms with Gasteiger partial charge in [0, 0.05) is 23.4 Å². The van der Waals surface area contributed by atoms with Gasteiger partial charge in [-0.05, 0) is 17.7 Å². The molecular weight excluding hydrogens is 280 g/mol. The second-order valence-corrected chi connectivity index (χ2v) is 6.28. The fraction of sp³-hybridized carbons (Fsp3) is 0.308. The van der Waals surface area contributed by atoms with Gasteiger partial charge in [-0.1, -0.05) is 17.8 Å². The van der Waals surface area contributed by atoms with Gasteiger partial charge in [0.05, 0.1) is 0 Å². The predicted octanol–water partition coefficient (Wildman–Crippen LogP) is 2.71. The Morgan fingerprint density at radius 1 is 1.32 bits per heavy atom. The van der Waals surface area contributed by atoms with Gasteiger partial charge in [-0.15, -0.1) is 11.3 Å². The summed E-state index contributed by atoms with van der Waals surface area (Å²) < 4.78 is 12.1. The van der Waals surface area contributed by atoms with E-state index in [0.717, 1.165) is 27.2 Å². The molecular formula is C13H14N2O2S2. The summed E-state index contributed by atoms with van der Waals surface area (Å²) in [5.41, 5.74) is 7.27. The van der Waals surface area contributed by atoms with E-state index in [9.17, 15) is 0 Å². The summed E-state index contributed by atoms with van der Waals surface area (Å²) in [6.45, 7) is 1.21. The number of rotatable bonds is 4. The second-order valence-electron chi connectivity index (χ2n) is 4.12. The molecule has 4 nitrogen and oxygen atoms in total. The maximum absolute atomic E-state index is 6.20. The maximum Gasteiger partial charge on any atom is 0.161 e. The molecule has 1 unspecified atom stereocenters. The highest BCUT2D eigenvalue weighted by Crippen LogP contribution is 2.33. The van der Waals surface area contributed by atoms with Gasteiger partial charge in [-0.2, -0.15) is 0 Å². The van der Waals surface area contributed by atoms with Crippen molar-refractivity contribution in [2.45, 2.75) is 10.4 Å². The molecule has 100 valence electrons. The van der Waals surface area contributed by atoms with Crippen molar-refractivity contribution < 1.29 is 9.47 Å². The zero-order valence-corrected chi connectivity index (χ0v) is 11.9. The minimum absolute atomic E-state index is 0.0373. The third kappa shape index (κ3) is 3.02. The Kier molecular flexibility index (Phi) is 3.91. The standard InChI is InChI=1S/C13H14N2O2S2/c14-10(8-19-13-15-3-6-18-13)9-1-2-11-12(7-9)17-5-4-16-11/h1-3,6-7,10H,4-5,8,14H2. The Morgan fingerprint density at radius 3 is 2.95 bits per heavy atom. The van der Waals surface area contributed by atoms with Crippen molar-refractivity contribution in [3.63, 3.8) is 0 Å². The zero-order chi connectivity index (χ0) is 13.1. The molecule has 0 saturated carbocycles. The summed E-state index contributed by atoms with van der Waals surface area (Å²) in [4.78, 5) is 4.23. The Balaban J connectivity index is 1.67. The molecule has 1 aliphatic heterocycles. The summed E-state index contributed by atoms with van der Waals surface area (Å²) in [6, 6.07) is 5.87. The van der Waals surface area contributed by atoms with E-state index in [1.54, 1.807) is 23.1 Å². The molecule has 0 saturated heterocycles. The molecule has 0 amide bonds. The first-order valence-electron chi connectivity index (χ1n) is 6.00. The Bertz CT molecular complexity index is 546. The Morgan fingerprint density at radius 2 is 2.16 bits per heavy atom. The average Bonchev–Trinajstić information content (AvgIpc) is 2.97. The van der Waals surface area contributed by atoms with Crippen LogP contribution in [0, 0.1) is 0 Å².